The van der Waals surface area contributed by atoms with Crippen molar-refractivity contribution in [1.82, 2.24) is 4.98 Å². The summed E-state index contributed by atoms with van der Waals surface area (Å²) in [7, 11) is 1.50. The normalized spacial score (nSPS) is 15.9. The monoisotopic (exact) mass is 468 g/mol. The minimum Gasteiger partial charge on any atom is -0.478 e. The molecule has 1 N–H and O–H groups in total. The summed E-state index contributed by atoms with van der Waals surface area (Å²) < 4.78 is 25.7. The number of hydrogen-bond acceptors (Lipinski definition) is 11. The molecule has 0 amide bonds. The lowest BCUT2D eigenvalue weighted by atomic mass is 9.97. The van der Waals surface area contributed by atoms with Crippen molar-refractivity contribution in [3.05, 3.63) is 34.5 Å². The summed E-state index contributed by atoms with van der Waals surface area (Å²) in [6, 6.07) is 2.88. The lowest BCUT2D eigenvalue weighted by molar-refractivity contribution is -0.171. The highest BCUT2D eigenvalue weighted by molar-refractivity contribution is 5.88. The summed E-state index contributed by atoms with van der Waals surface area (Å²) in [6.45, 7) is 0.487. The fourth-order valence-corrected chi connectivity index (χ4v) is 3.20. The number of carboxylic acid groups (broad SMARTS) is 1. The predicted octanol–water partition coefficient (Wildman–Crippen LogP) is 1.35. The lowest BCUT2D eigenvalue weighted by Gasteiger charge is -2.30. The van der Waals surface area contributed by atoms with E-state index in [0.29, 0.717) is 6.61 Å². The minimum absolute atomic E-state index is 0.0273. The standard InChI is InChI=1S/C21H28N2O10/c1-29-9-10-31-14-19(25)32-13-15(11-17-16(20(26)27)3-2-6-22-17)12-18(24)33-21(23-28)4-7-30-8-5-21/h2-3,6,15H,4-5,7-14H2,1H3,(H,26,27). The number of esters is 2. The zero-order chi connectivity index (χ0) is 24.1. The van der Waals surface area contributed by atoms with Crippen LogP contribution in [0.4, 0.5) is 0 Å². The number of aromatic carboxylic acids is 1. The molecule has 1 aliphatic heterocycles. The topological polar surface area (TPSA) is 160 Å². The summed E-state index contributed by atoms with van der Waals surface area (Å²) in [6.07, 6.45) is 1.50. The quantitative estimate of drug-likeness (QED) is 0.238. The molecule has 0 radical (unpaired) electrons. The first-order chi connectivity index (χ1) is 15.9. The molecular formula is C21H28N2O10. The predicted molar refractivity (Wildman–Crippen MR) is 111 cm³/mol. The van der Waals surface area contributed by atoms with Gasteiger partial charge < -0.3 is 28.8 Å². The molecule has 1 saturated heterocycles. The van der Waals surface area contributed by atoms with Gasteiger partial charge in [-0.05, 0) is 23.7 Å². The van der Waals surface area contributed by atoms with Crippen LogP contribution in [0.1, 0.15) is 35.3 Å². The summed E-state index contributed by atoms with van der Waals surface area (Å²) >= 11 is 0. The van der Waals surface area contributed by atoms with E-state index in [1.807, 2.05) is 0 Å². The van der Waals surface area contributed by atoms with Crippen LogP contribution < -0.4 is 0 Å². The lowest BCUT2D eigenvalue weighted by Crippen LogP contribution is -2.39. The highest BCUT2D eigenvalue weighted by atomic mass is 16.6. The molecule has 0 aliphatic carbocycles. The van der Waals surface area contributed by atoms with Crippen molar-refractivity contribution in [2.45, 2.75) is 31.4 Å². The van der Waals surface area contributed by atoms with Gasteiger partial charge in [0.25, 0.3) is 0 Å². The minimum atomic E-state index is -1.50. The first kappa shape index (κ1) is 26.3. The number of carbonyl (C=O) groups excluding carboxylic acids is 2. The first-order valence-electron chi connectivity index (χ1n) is 10.4. The summed E-state index contributed by atoms with van der Waals surface area (Å²) in [4.78, 5) is 51.5. The number of aromatic nitrogens is 1. The summed E-state index contributed by atoms with van der Waals surface area (Å²) in [5, 5.41) is 12.4. The maximum atomic E-state index is 12.6. The van der Waals surface area contributed by atoms with Crippen molar-refractivity contribution in [1.29, 1.82) is 0 Å². The van der Waals surface area contributed by atoms with Crippen LogP contribution in [0, 0.1) is 10.8 Å². The van der Waals surface area contributed by atoms with Gasteiger partial charge in [-0.25, -0.2) is 9.59 Å². The van der Waals surface area contributed by atoms with E-state index in [-0.39, 0.29) is 70.0 Å². The van der Waals surface area contributed by atoms with Gasteiger partial charge in [0.2, 0.25) is 5.72 Å². The Labute approximate surface area is 190 Å². The van der Waals surface area contributed by atoms with E-state index < -0.39 is 29.6 Å². The van der Waals surface area contributed by atoms with Crippen LogP contribution in [0.5, 0.6) is 0 Å². The maximum absolute atomic E-state index is 12.6. The molecule has 33 heavy (non-hydrogen) atoms. The van der Waals surface area contributed by atoms with Crippen molar-refractivity contribution < 1.29 is 43.2 Å². The third-order valence-electron chi connectivity index (χ3n) is 4.93. The van der Waals surface area contributed by atoms with Crippen LogP contribution in [0.25, 0.3) is 0 Å². The Bertz CT molecular complexity index is 810. The number of nitroso groups, excluding NO2 is 1. The van der Waals surface area contributed by atoms with Gasteiger partial charge in [0.15, 0.2) is 0 Å². The number of hydrogen-bond donors (Lipinski definition) is 1. The first-order valence-corrected chi connectivity index (χ1v) is 10.4. The van der Waals surface area contributed by atoms with E-state index in [9.17, 15) is 24.4 Å². The van der Waals surface area contributed by atoms with Crippen LogP contribution in [0.3, 0.4) is 0 Å². The second kappa shape index (κ2) is 13.6. The van der Waals surface area contributed by atoms with Crippen LogP contribution >= 0.6 is 0 Å². The Balaban J connectivity index is 2.04. The number of rotatable bonds is 14. The Kier molecular flexibility index (Phi) is 10.8. The number of ether oxygens (including phenoxy) is 5. The highest BCUT2D eigenvalue weighted by Crippen LogP contribution is 2.28. The van der Waals surface area contributed by atoms with Crippen molar-refractivity contribution in [2.24, 2.45) is 11.1 Å². The highest BCUT2D eigenvalue weighted by Gasteiger charge is 2.38. The fraction of sp³-hybridized carbons (Fsp3) is 0.619. The van der Waals surface area contributed by atoms with E-state index in [2.05, 4.69) is 10.2 Å². The molecule has 0 bridgehead atoms. The van der Waals surface area contributed by atoms with Crippen LogP contribution in [-0.4, -0.2) is 80.5 Å². The third kappa shape index (κ3) is 8.83. The maximum Gasteiger partial charge on any atom is 0.337 e. The molecule has 12 nitrogen and oxygen atoms in total. The van der Waals surface area contributed by atoms with Gasteiger partial charge in [-0.3, -0.25) is 9.78 Å². The fourth-order valence-electron chi connectivity index (χ4n) is 3.20. The second-order valence-corrected chi connectivity index (χ2v) is 7.43. The van der Waals surface area contributed by atoms with E-state index in [1.54, 1.807) is 0 Å². The molecule has 2 heterocycles. The molecule has 182 valence electrons. The molecule has 1 atom stereocenters. The third-order valence-corrected chi connectivity index (χ3v) is 4.93. The average molecular weight is 468 g/mol. The van der Waals surface area contributed by atoms with Crippen molar-refractivity contribution in [2.75, 3.05) is 46.8 Å². The zero-order valence-electron chi connectivity index (χ0n) is 18.4. The largest absolute Gasteiger partial charge is 0.478 e. The Morgan fingerprint density at radius 3 is 2.67 bits per heavy atom. The number of methoxy groups -OCH3 is 1. The van der Waals surface area contributed by atoms with Crippen LogP contribution in [-0.2, 0) is 39.7 Å². The van der Waals surface area contributed by atoms with Gasteiger partial charge in [0.1, 0.15) is 6.61 Å². The molecule has 0 saturated carbocycles. The molecule has 1 aromatic rings. The molecule has 12 heteroatoms. The van der Waals surface area contributed by atoms with Crippen LogP contribution in [0.2, 0.25) is 0 Å². The Hall–Kier alpha value is -2.96. The van der Waals surface area contributed by atoms with E-state index in [4.69, 9.17) is 23.7 Å². The van der Waals surface area contributed by atoms with Crippen molar-refractivity contribution in [3.8, 4) is 0 Å². The number of carbonyl (C=O) groups is 3. The van der Waals surface area contributed by atoms with E-state index >= 15 is 0 Å². The molecule has 0 aromatic carbocycles. The summed E-state index contributed by atoms with van der Waals surface area (Å²) in [5.41, 5.74) is -1.30. The SMILES string of the molecule is COCCOCC(=O)OCC(CC(=O)OC1(N=O)CCOCC1)Cc1ncccc1C(=O)O. The average Bonchev–Trinajstić information content (AvgIpc) is 2.81. The van der Waals surface area contributed by atoms with Crippen molar-refractivity contribution in [3.63, 3.8) is 0 Å². The molecule has 2 rings (SSSR count). The molecule has 1 aromatic heterocycles. The zero-order valence-corrected chi connectivity index (χ0v) is 18.4. The number of nitrogens with zero attached hydrogens (tertiary/aromatic N) is 2. The van der Waals surface area contributed by atoms with E-state index in [0.717, 1.165) is 0 Å². The van der Waals surface area contributed by atoms with Crippen molar-refractivity contribution >= 4 is 17.9 Å². The van der Waals surface area contributed by atoms with Gasteiger partial charge in [0, 0.05) is 32.1 Å². The second-order valence-electron chi connectivity index (χ2n) is 7.43. The molecule has 1 fully saturated rings. The van der Waals surface area contributed by atoms with Gasteiger partial charge in [-0.2, -0.15) is 0 Å². The molecule has 1 aliphatic rings. The number of carboxylic acids is 1. The van der Waals surface area contributed by atoms with Gasteiger partial charge in [0.05, 0.1) is 50.7 Å². The van der Waals surface area contributed by atoms with Gasteiger partial charge in [-0.1, -0.05) is 0 Å². The Morgan fingerprint density at radius 2 is 2.00 bits per heavy atom. The number of pyridine rings is 1. The van der Waals surface area contributed by atoms with Gasteiger partial charge in [-0.15, -0.1) is 4.91 Å². The molecule has 1 unspecified atom stereocenters. The Morgan fingerprint density at radius 1 is 1.24 bits per heavy atom. The van der Waals surface area contributed by atoms with E-state index in [1.165, 1.54) is 25.4 Å². The van der Waals surface area contributed by atoms with Crippen LogP contribution in [0.15, 0.2) is 23.5 Å². The smallest absolute Gasteiger partial charge is 0.337 e. The summed E-state index contributed by atoms with van der Waals surface area (Å²) in [5.74, 6) is -3.20. The van der Waals surface area contributed by atoms with Gasteiger partial charge >= 0.3 is 17.9 Å². The molecule has 0 spiro atoms. The molecular weight excluding hydrogens is 440 g/mol.